The summed E-state index contributed by atoms with van der Waals surface area (Å²) < 4.78 is 5.22. The second-order valence-corrected chi connectivity index (χ2v) is 5.32. The predicted octanol–water partition coefficient (Wildman–Crippen LogP) is 3.15. The summed E-state index contributed by atoms with van der Waals surface area (Å²) in [5, 5.41) is 0. The Kier molecular flexibility index (Phi) is 3.57. The maximum absolute atomic E-state index is 10.8. The molecule has 1 fully saturated rings. The maximum Gasteiger partial charge on any atom is 0.302 e. The standard InChI is InChI=1S/C12H22O2/c1-9(14-10(2)13)11-5-7-12(3,4)8-6-11/h9,11H,5-8H2,1-4H3. The zero-order valence-corrected chi connectivity index (χ0v) is 9.80. The van der Waals surface area contributed by atoms with Gasteiger partial charge in [-0.25, -0.2) is 0 Å². The third-order valence-electron chi connectivity index (χ3n) is 3.40. The Hall–Kier alpha value is -0.530. The van der Waals surface area contributed by atoms with Crippen molar-refractivity contribution in [2.75, 3.05) is 0 Å². The molecule has 0 bridgehead atoms. The molecular weight excluding hydrogens is 176 g/mol. The van der Waals surface area contributed by atoms with Gasteiger partial charge in [0.1, 0.15) is 6.10 Å². The number of carbonyl (C=O) groups is 1. The first-order valence-electron chi connectivity index (χ1n) is 5.58. The molecular formula is C12H22O2. The van der Waals surface area contributed by atoms with Crippen LogP contribution in [0.1, 0.15) is 53.4 Å². The third kappa shape index (κ3) is 3.32. The van der Waals surface area contributed by atoms with Gasteiger partial charge in [-0.2, -0.15) is 0 Å². The Balaban J connectivity index is 2.37. The van der Waals surface area contributed by atoms with E-state index in [1.54, 1.807) is 0 Å². The molecule has 0 amide bonds. The van der Waals surface area contributed by atoms with Crippen LogP contribution in [0.5, 0.6) is 0 Å². The van der Waals surface area contributed by atoms with E-state index in [2.05, 4.69) is 13.8 Å². The highest BCUT2D eigenvalue weighted by molar-refractivity contribution is 5.66. The van der Waals surface area contributed by atoms with E-state index >= 15 is 0 Å². The van der Waals surface area contributed by atoms with Crippen LogP contribution in [-0.4, -0.2) is 12.1 Å². The van der Waals surface area contributed by atoms with Gasteiger partial charge in [-0.3, -0.25) is 4.79 Å². The van der Waals surface area contributed by atoms with E-state index < -0.39 is 0 Å². The summed E-state index contributed by atoms with van der Waals surface area (Å²) in [5.41, 5.74) is 0.493. The minimum atomic E-state index is -0.151. The normalized spacial score (nSPS) is 24.3. The van der Waals surface area contributed by atoms with Gasteiger partial charge in [0.05, 0.1) is 0 Å². The minimum absolute atomic E-state index is 0.101. The fourth-order valence-electron chi connectivity index (χ4n) is 2.25. The molecule has 82 valence electrons. The lowest BCUT2D eigenvalue weighted by atomic mass is 9.72. The molecule has 0 aromatic carbocycles. The minimum Gasteiger partial charge on any atom is -0.463 e. The Morgan fingerprint density at radius 3 is 2.29 bits per heavy atom. The quantitative estimate of drug-likeness (QED) is 0.637. The second kappa shape index (κ2) is 4.33. The summed E-state index contributed by atoms with van der Waals surface area (Å²) in [4.78, 5) is 10.8. The molecule has 1 saturated carbocycles. The van der Waals surface area contributed by atoms with E-state index in [0.717, 1.165) is 0 Å². The lowest BCUT2D eigenvalue weighted by Gasteiger charge is -2.36. The van der Waals surface area contributed by atoms with Gasteiger partial charge in [0, 0.05) is 6.92 Å². The highest BCUT2D eigenvalue weighted by Crippen LogP contribution is 2.39. The van der Waals surface area contributed by atoms with Crippen molar-refractivity contribution in [3.8, 4) is 0 Å². The van der Waals surface area contributed by atoms with Crippen molar-refractivity contribution >= 4 is 5.97 Å². The number of hydrogen-bond donors (Lipinski definition) is 0. The second-order valence-electron chi connectivity index (χ2n) is 5.32. The zero-order valence-electron chi connectivity index (χ0n) is 9.80. The van der Waals surface area contributed by atoms with Crippen molar-refractivity contribution in [1.29, 1.82) is 0 Å². The van der Waals surface area contributed by atoms with Crippen LogP contribution >= 0.6 is 0 Å². The fourth-order valence-corrected chi connectivity index (χ4v) is 2.25. The molecule has 0 aromatic rings. The smallest absolute Gasteiger partial charge is 0.302 e. The summed E-state index contributed by atoms with van der Waals surface area (Å²) in [7, 11) is 0. The van der Waals surface area contributed by atoms with Crippen molar-refractivity contribution in [2.24, 2.45) is 11.3 Å². The molecule has 0 saturated heterocycles. The number of carbonyl (C=O) groups excluding carboxylic acids is 1. The van der Waals surface area contributed by atoms with E-state index in [1.807, 2.05) is 6.92 Å². The van der Waals surface area contributed by atoms with Crippen LogP contribution in [0.3, 0.4) is 0 Å². The molecule has 0 spiro atoms. The van der Waals surface area contributed by atoms with Crippen LogP contribution in [0.2, 0.25) is 0 Å². The number of esters is 1. The van der Waals surface area contributed by atoms with Crippen LogP contribution < -0.4 is 0 Å². The molecule has 0 heterocycles. The van der Waals surface area contributed by atoms with E-state index in [9.17, 15) is 4.79 Å². The van der Waals surface area contributed by atoms with Gasteiger partial charge in [-0.05, 0) is 43.9 Å². The third-order valence-corrected chi connectivity index (χ3v) is 3.40. The SMILES string of the molecule is CC(=O)OC(C)C1CCC(C)(C)CC1. The average Bonchev–Trinajstić information content (AvgIpc) is 2.02. The summed E-state index contributed by atoms with van der Waals surface area (Å²) in [6.07, 6.45) is 5.00. The van der Waals surface area contributed by atoms with Crippen LogP contribution in [0.25, 0.3) is 0 Å². The van der Waals surface area contributed by atoms with Crippen LogP contribution in [0, 0.1) is 11.3 Å². The number of rotatable bonds is 2. The van der Waals surface area contributed by atoms with Crippen LogP contribution in [-0.2, 0) is 9.53 Å². The largest absolute Gasteiger partial charge is 0.463 e. The lowest BCUT2D eigenvalue weighted by Crippen LogP contribution is -2.30. The van der Waals surface area contributed by atoms with Gasteiger partial charge in [0.2, 0.25) is 0 Å². The predicted molar refractivity (Wildman–Crippen MR) is 57.0 cm³/mol. The monoisotopic (exact) mass is 198 g/mol. The summed E-state index contributed by atoms with van der Waals surface area (Å²) in [6.45, 7) is 8.15. The molecule has 2 heteroatoms. The summed E-state index contributed by atoms with van der Waals surface area (Å²) >= 11 is 0. The molecule has 2 nitrogen and oxygen atoms in total. The van der Waals surface area contributed by atoms with Gasteiger partial charge in [0.25, 0.3) is 0 Å². The highest BCUT2D eigenvalue weighted by Gasteiger charge is 2.30. The first kappa shape index (κ1) is 11.5. The van der Waals surface area contributed by atoms with Gasteiger partial charge in [-0.15, -0.1) is 0 Å². The topological polar surface area (TPSA) is 26.3 Å². The summed E-state index contributed by atoms with van der Waals surface area (Å²) in [6, 6.07) is 0. The molecule has 0 N–H and O–H groups in total. The van der Waals surface area contributed by atoms with Crippen LogP contribution in [0.15, 0.2) is 0 Å². The van der Waals surface area contributed by atoms with Gasteiger partial charge in [0.15, 0.2) is 0 Å². The fraction of sp³-hybridized carbons (Fsp3) is 0.917. The van der Waals surface area contributed by atoms with Crippen molar-refractivity contribution in [2.45, 2.75) is 59.5 Å². The van der Waals surface area contributed by atoms with E-state index in [-0.39, 0.29) is 12.1 Å². The van der Waals surface area contributed by atoms with Crippen LogP contribution in [0.4, 0.5) is 0 Å². The van der Waals surface area contributed by atoms with Gasteiger partial charge >= 0.3 is 5.97 Å². The molecule has 1 aliphatic carbocycles. The summed E-state index contributed by atoms with van der Waals surface area (Å²) in [5.74, 6) is 0.425. The van der Waals surface area contributed by atoms with E-state index in [0.29, 0.717) is 11.3 Å². The molecule has 0 aromatic heterocycles. The molecule has 0 aliphatic heterocycles. The molecule has 14 heavy (non-hydrogen) atoms. The van der Waals surface area contributed by atoms with E-state index in [1.165, 1.54) is 32.6 Å². The Morgan fingerprint density at radius 2 is 1.86 bits per heavy atom. The van der Waals surface area contributed by atoms with Gasteiger partial charge in [-0.1, -0.05) is 13.8 Å². The molecule has 0 radical (unpaired) electrons. The molecule has 1 unspecified atom stereocenters. The first-order chi connectivity index (χ1) is 6.41. The van der Waals surface area contributed by atoms with Crippen molar-refractivity contribution in [1.82, 2.24) is 0 Å². The number of ether oxygens (including phenoxy) is 1. The lowest BCUT2D eigenvalue weighted by molar-refractivity contribution is -0.148. The molecule has 1 aliphatic rings. The Bertz CT molecular complexity index is 198. The number of hydrogen-bond acceptors (Lipinski definition) is 2. The van der Waals surface area contributed by atoms with Crippen molar-refractivity contribution < 1.29 is 9.53 Å². The van der Waals surface area contributed by atoms with Crippen molar-refractivity contribution in [3.63, 3.8) is 0 Å². The highest BCUT2D eigenvalue weighted by atomic mass is 16.5. The van der Waals surface area contributed by atoms with E-state index in [4.69, 9.17) is 4.74 Å². The molecule has 1 atom stereocenters. The zero-order chi connectivity index (χ0) is 10.8. The molecule has 1 rings (SSSR count). The average molecular weight is 198 g/mol. The Morgan fingerprint density at radius 1 is 1.36 bits per heavy atom. The first-order valence-corrected chi connectivity index (χ1v) is 5.58. The maximum atomic E-state index is 10.8. The Labute approximate surface area is 87.0 Å². The van der Waals surface area contributed by atoms with Crippen molar-refractivity contribution in [3.05, 3.63) is 0 Å². The van der Waals surface area contributed by atoms with Gasteiger partial charge < -0.3 is 4.74 Å².